The lowest BCUT2D eigenvalue weighted by Gasteiger charge is -2.21. The molecule has 0 aromatic heterocycles. The van der Waals surface area contributed by atoms with Gasteiger partial charge in [0.2, 0.25) is 0 Å². The van der Waals surface area contributed by atoms with Gasteiger partial charge >= 0.3 is 5.97 Å². The second-order valence-corrected chi connectivity index (χ2v) is 6.79. The average molecular weight is 358 g/mol. The van der Waals surface area contributed by atoms with Crippen LogP contribution < -0.4 is 0 Å². The fourth-order valence-corrected chi connectivity index (χ4v) is 2.99. The Balaban J connectivity index is 1.62. The van der Waals surface area contributed by atoms with E-state index in [-0.39, 0.29) is 29.2 Å². The Hall–Kier alpha value is -2.70. The van der Waals surface area contributed by atoms with Crippen molar-refractivity contribution in [1.29, 1.82) is 0 Å². The minimum Gasteiger partial charge on any atom is -0.452 e. The number of fused-ring (bicyclic) bond motifs is 1. The number of ether oxygens (including phenoxy) is 1. The molecule has 3 amide bonds. The van der Waals surface area contributed by atoms with E-state index >= 15 is 0 Å². The van der Waals surface area contributed by atoms with Gasteiger partial charge in [0.05, 0.1) is 16.7 Å². The van der Waals surface area contributed by atoms with Crippen molar-refractivity contribution in [2.45, 2.75) is 26.2 Å². The summed E-state index contributed by atoms with van der Waals surface area (Å²) in [5, 5.41) is 0. The molecule has 0 unspecified atom stereocenters. The number of amides is 3. The molecule has 0 spiro atoms. The zero-order chi connectivity index (χ0) is 18.8. The van der Waals surface area contributed by atoms with E-state index in [1.165, 1.54) is 25.2 Å². The number of nitrogens with zero attached hydrogens (tertiary/aromatic N) is 2. The first-order chi connectivity index (χ1) is 12.4. The molecule has 7 nitrogen and oxygen atoms in total. The van der Waals surface area contributed by atoms with Crippen molar-refractivity contribution in [3.63, 3.8) is 0 Å². The van der Waals surface area contributed by atoms with Crippen LogP contribution in [0.25, 0.3) is 0 Å². The molecule has 1 aliphatic heterocycles. The predicted octanol–water partition coefficient (Wildman–Crippen LogP) is 1.72. The number of hydrogen-bond acceptors (Lipinski definition) is 5. The molecule has 0 N–H and O–H groups in total. The quantitative estimate of drug-likeness (QED) is 0.547. The highest BCUT2D eigenvalue weighted by Gasteiger charge is 2.33. The maximum Gasteiger partial charge on any atom is 0.338 e. The first-order valence-corrected chi connectivity index (χ1v) is 8.83. The molecule has 2 aliphatic rings. The fourth-order valence-electron chi connectivity index (χ4n) is 2.99. The molecule has 0 radical (unpaired) electrons. The van der Waals surface area contributed by atoms with Crippen molar-refractivity contribution in [3.05, 3.63) is 34.9 Å². The standard InChI is InChI=1S/C19H22N2O5/c1-3-8-21(10-12-4-5-12)16(22)11-26-19(25)13-6-7-14-15(9-13)18(24)20(2)17(14)23/h6-7,9,12H,3-5,8,10-11H2,1-2H3. The van der Waals surface area contributed by atoms with Crippen LogP contribution in [0.1, 0.15) is 57.3 Å². The second-order valence-electron chi connectivity index (χ2n) is 6.79. The topological polar surface area (TPSA) is 84.0 Å². The normalized spacial score (nSPS) is 15.8. The number of rotatable bonds is 7. The first-order valence-electron chi connectivity index (χ1n) is 8.83. The number of carbonyl (C=O) groups excluding carboxylic acids is 4. The zero-order valence-corrected chi connectivity index (χ0v) is 15.0. The number of hydrogen-bond donors (Lipinski definition) is 0. The van der Waals surface area contributed by atoms with Gasteiger partial charge in [-0.1, -0.05) is 6.92 Å². The number of esters is 1. The number of benzene rings is 1. The zero-order valence-electron chi connectivity index (χ0n) is 15.0. The molecule has 3 rings (SSSR count). The first kappa shape index (κ1) is 18.1. The molecule has 138 valence electrons. The van der Waals surface area contributed by atoms with Gasteiger partial charge in [0.1, 0.15) is 0 Å². The van der Waals surface area contributed by atoms with Crippen molar-refractivity contribution in [2.75, 3.05) is 26.7 Å². The molecule has 0 atom stereocenters. The third kappa shape index (κ3) is 3.61. The monoisotopic (exact) mass is 358 g/mol. The van der Waals surface area contributed by atoms with E-state index in [4.69, 9.17) is 4.74 Å². The molecule has 1 heterocycles. The minimum atomic E-state index is -0.682. The van der Waals surface area contributed by atoms with Crippen molar-refractivity contribution in [3.8, 4) is 0 Å². The van der Waals surface area contributed by atoms with Crippen LogP contribution in [0.3, 0.4) is 0 Å². The Bertz CT molecular complexity index is 769. The van der Waals surface area contributed by atoms with Gasteiger partial charge in [-0.05, 0) is 43.4 Å². The Morgan fingerprint density at radius 2 is 1.88 bits per heavy atom. The minimum absolute atomic E-state index is 0.150. The van der Waals surface area contributed by atoms with Gasteiger partial charge in [0.25, 0.3) is 17.7 Å². The lowest BCUT2D eigenvalue weighted by molar-refractivity contribution is -0.134. The molecule has 1 aromatic carbocycles. The summed E-state index contributed by atoms with van der Waals surface area (Å²) in [4.78, 5) is 51.2. The van der Waals surface area contributed by atoms with Gasteiger partial charge in [0, 0.05) is 20.1 Å². The molecule has 7 heteroatoms. The van der Waals surface area contributed by atoms with Gasteiger partial charge in [-0.25, -0.2) is 4.79 Å². The van der Waals surface area contributed by atoms with Crippen molar-refractivity contribution >= 4 is 23.7 Å². The highest BCUT2D eigenvalue weighted by atomic mass is 16.5. The maximum atomic E-state index is 12.3. The van der Waals surface area contributed by atoms with E-state index in [2.05, 4.69) is 0 Å². The summed E-state index contributed by atoms with van der Waals surface area (Å²) in [6.45, 7) is 3.04. The summed E-state index contributed by atoms with van der Waals surface area (Å²) in [7, 11) is 1.39. The third-order valence-electron chi connectivity index (χ3n) is 4.67. The Morgan fingerprint density at radius 1 is 1.19 bits per heavy atom. The fraction of sp³-hybridized carbons (Fsp3) is 0.474. The van der Waals surface area contributed by atoms with Crippen molar-refractivity contribution in [2.24, 2.45) is 5.92 Å². The molecule has 0 saturated heterocycles. The van der Waals surface area contributed by atoms with Crippen molar-refractivity contribution < 1.29 is 23.9 Å². The van der Waals surface area contributed by atoms with Gasteiger partial charge in [-0.15, -0.1) is 0 Å². The highest BCUT2D eigenvalue weighted by molar-refractivity contribution is 6.21. The summed E-state index contributed by atoms with van der Waals surface area (Å²) in [6.07, 6.45) is 3.13. The predicted molar refractivity (Wildman–Crippen MR) is 92.7 cm³/mol. The molecule has 1 aliphatic carbocycles. The third-order valence-corrected chi connectivity index (χ3v) is 4.67. The SMILES string of the molecule is CCCN(CC1CC1)C(=O)COC(=O)c1ccc2c(c1)C(=O)N(C)C2=O. The largest absolute Gasteiger partial charge is 0.452 e. The molecule has 1 saturated carbocycles. The van der Waals surface area contributed by atoms with Gasteiger partial charge < -0.3 is 9.64 Å². The lowest BCUT2D eigenvalue weighted by atomic mass is 10.1. The molecule has 0 bridgehead atoms. The van der Waals surface area contributed by atoms with Crippen molar-refractivity contribution in [1.82, 2.24) is 9.80 Å². The van der Waals surface area contributed by atoms with Gasteiger partial charge in [-0.3, -0.25) is 19.3 Å². The van der Waals surface area contributed by atoms with Crippen LogP contribution in [0, 0.1) is 5.92 Å². The summed E-state index contributed by atoms with van der Waals surface area (Å²) in [5.41, 5.74) is 0.598. The Labute approximate surface area is 151 Å². The molecule has 1 aromatic rings. The van der Waals surface area contributed by atoms with Gasteiger partial charge in [0.15, 0.2) is 6.61 Å². The van der Waals surface area contributed by atoms with E-state index < -0.39 is 17.8 Å². The van der Waals surface area contributed by atoms with Crippen LogP contribution in [0.5, 0.6) is 0 Å². The molecule has 1 fully saturated rings. The van der Waals surface area contributed by atoms with Gasteiger partial charge in [-0.2, -0.15) is 0 Å². The maximum absolute atomic E-state index is 12.3. The highest BCUT2D eigenvalue weighted by Crippen LogP contribution is 2.29. The van der Waals surface area contributed by atoms with E-state index in [1.807, 2.05) is 6.92 Å². The van der Waals surface area contributed by atoms with E-state index in [1.54, 1.807) is 4.90 Å². The van der Waals surface area contributed by atoms with Crippen LogP contribution in [0.2, 0.25) is 0 Å². The van der Waals surface area contributed by atoms with Crippen LogP contribution >= 0.6 is 0 Å². The summed E-state index contributed by atoms with van der Waals surface area (Å²) >= 11 is 0. The molecular formula is C19H22N2O5. The molecular weight excluding hydrogens is 336 g/mol. The van der Waals surface area contributed by atoms with Crippen LogP contribution in [0.4, 0.5) is 0 Å². The summed E-state index contributed by atoms with van der Waals surface area (Å²) in [6, 6.07) is 4.22. The van der Waals surface area contributed by atoms with Crippen LogP contribution in [0.15, 0.2) is 18.2 Å². The second kappa shape index (κ2) is 7.27. The summed E-state index contributed by atoms with van der Waals surface area (Å²) < 4.78 is 5.13. The Morgan fingerprint density at radius 3 is 2.54 bits per heavy atom. The molecule has 26 heavy (non-hydrogen) atoms. The van der Waals surface area contributed by atoms with E-state index in [9.17, 15) is 19.2 Å². The smallest absolute Gasteiger partial charge is 0.338 e. The average Bonchev–Trinajstić information content (AvgIpc) is 3.43. The number of imide groups is 1. The van der Waals surface area contributed by atoms with Crippen LogP contribution in [-0.2, 0) is 9.53 Å². The summed E-state index contributed by atoms with van der Waals surface area (Å²) in [5.74, 6) is -1.17. The number of carbonyl (C=O) groups is 4. The lowest BCUT2D eigenvalue weighted by Crippen LogP contribution is -2.36. The van der Waals surface area contributed by atoms with E-state index in [0.29, 0.717) is 19.0 Å². The Kier molecular flexibility index (Phi) is 5.06. The van der Waals surface area contributed by atoms with Crippen LogP contribution in [-0.4, -0.2) is 60.2 Å². The van der Waals surface area contributed by atoms with E-state index in [0.717, 1.165) is 24.2 Å².